The molecule has 2 aliphatic heterocycles. The minimum atomic E-state index is -0.828. The van der Waals surface area contributed by atoms with Crippen LogP contribution in [0.1, 0.15) is 29.3 Å². The molecule has 0 radical (unpaired) electrons. The van der Waals surface area contributed by atoms with Gasteiger partial charge >= 0.3 is 5.97 Å². The van der Waals surface area contributed by atoms with Crippen molar-refractivity contribution in [2.24, 2.45) is 5.92 Å². The molecule has 3 atom stereocenters. The van der Waals surface area contributed by atoms with Crippen LogP contribution >= 0.6 is 0 Å². The highest BCUT2D eigenvalue weighted by Gasteiger charge is 2.57. The number of carbonyl (C=O) groups excluding carboxylic acids is 3. The molecule has 1 saturated heterocycles. The number of aromatic nitrogens is 1. The second kappa shape index (κ2) is 8.76. The lowest BCUT2D eigenvalue weighted by atomic mass is 9.82. The molecule has 2 aromatic rings. The van der Waals surface area contributed by atoms with E-state index >= 15 is 0 Å². The van der Waals surface area contributed by atoms with E-state index in [1.165, 1.54) is 11.0 Å². The first-order chi connectivity index (χ1) is 15.4. The molecule has 0 saturated carbocycles. The van der Waals surface area contributed by atoms with Crippen LogP contribution in [-0.2, 0) is 14.3 Å². The van der Waals surface area contributed by atoms with Crippen molar-refractivity contribution in [2.75, 3.05) is 11.9 Å². The number of aliphatic hydroxyl groups is 1. The highest BCUT2D eigenvalue weighted by atomic mass is 16.5. The van der Waals surface area contributed by atoms with Gasteiger partial charge in [-0.1, -0.05) is 24.8 Å². The number of carbonyl (C=O) groups is 3. The Morgan fingerprint density at radius 3 is 2.78 bits per heavy atom. The van der Waals surface area contributed by atoms with E-state index in [-0.39, 0.29) is 30.2 Å². The Balaban J connectivity index is 1.67. The smallest absolute Gasteiger partial charge is 0.355 e. The van der Waals surface area contributed by atoms with E-state index in [0.29, 0.717) is 28.8 Å². The lowest BCUT2D eigenvalue weighted by Crippen LogP contribution is -2.61. The first-order valence-electron chi connectivity index (χ1n) is 10.3. The van der Waals surface area contributed by atoms with Crippen molar-refractivity contribution < 1.29 is 24.2 Å². The average molecular weight is 433 g/mol. The van der Waals surface area contributed by atoms with Crippen molar-refractivity contribution in [1.82, 2.24) is 9.88 Å². The van der Waals surface area contributed by atoms with Gasteiger partial charge in [0.25, 0.3) is 5.91 Å². The minimum Gasteiger partial charge on any atom is -0.457 e. The molecular weight excluding hydrogens is 410 g/mol. The number of esters is 1. The second-order valence-electron chi connectivity index (χ2n) is 7.73. The predicted octanol–water partition coefficient (Wildman–Crippen LogP) is 2.39. The fourth-order valence-corrected chi connectivity index (χ4v) is 4.21. The monoisotopic (exact) mass is 433 g/mol. The first-order valence-corrected chi connectivity index (χ1v) is 10.3. The third-order valence-electron chi connectivity index (χ3n) is 5.67. The van der Waals surface area contributed by atoms with Gasteiger partial charge in [0.05, 0.1) is 18.1 Å². The summed E-state index contributed by atoms with van der Waals surface area (Å²) in [5.41, 5.74) is 2.42. The van der Waals surface area contributed by atoms with Crippen molar-refractivity contribution >= 4 is 29.0 Å². The van der Waals surface area contributed by atoms with Crippen LogP contribution in [0.2, 0.25) is 0 Å². The van der Waals surface area contributed by atoms with Crippen molar-refractivity contribution in [3.63, 3.8) is 0 Å². The van der Waals surface area contributed by atoms with Crippen molar-refractivity contribution in [3.8, 4) is 0 Å². The summed E-state index contributed by atoms with van der Waals surface area (Å²) in [7, 11) is 0. The van der Waals surface area contributed by atoms with Gasteiger partial charge in [0, 0.05) is 23.6 Å². The number of ether oxygens (including phenoxy) is 1. The molecule has 2 N–H and O–H groups in total. The maximum Gasteiger partial charge on any atom is 0.355 e. The Morgan fingerprint density at radius 1 is 1.34 bits per heavy atom. The highest BCUT2D eigenvalue weighted by Crippen LogP contribution is 2.47. The van der Waals surface area contributed by atoms with Gasteiger partial charge in [-0.3, -0.25) is 14.6 Å². The topological polar surface area (TPSA) is 109 Å². The molecule has 2 aliphatic rings. The third-order valence-corrected chi connectivity index (χ3v) is 5.67. The van der Waals surface area contributed by atoms with Crippen LogP contribution in [0.4, 0.5) is 5.69 Å². The molecule has 8 heteroatoms. The molecule has 2 amide bonds. The van der Waals surface area contributed by atoms with E-state index in [1.807, 2.05) is 0 Å². The number of nitrogens with zero attached hydrogens (tertiary/aromatic N) is 2. The molecule has 32 heavy (non-hydrogen) atoms. The van der Waals surface area contributed by atoms with Gasteiger partial charge in [0.2, 0.25) is 5.91 Å². The van der Waals surface area contributed by atoms with Crippen molar-refractivity contribution in [1.29, 1.82) is 0 Å². The second-order valence-corrected chi connectivity index (χ2v) is 7.73. The number of hydrogen-bond donors (Lipinski definition) is 2. The van der Waals surface area contributed by atoms with Gasteiger partial charge in [-0.25, -0.2) is 4.79 Å². The highest BCUT2D eigenvalue weighted by molar-refractivity contribution is 6.08. The summed E-state index contributed by atoms with van der Waals surface area (Å²) in [6.45, 7) is 5.12. The molecule has 0 bridgehead atoms. The molecule has 8 nitrogen and oxygen atoms in total. The molecule has 4 rings (SSSR count). The van der Waals surface area contributed by atoms with E-state index in [1.54, 1.807) is 55.7 Å². The van der Waals surface area contributed by atoms with Gasteiger partial charge < -0.3 is 20.1 Å². The molecule has 1 aromatic heterocycles. The van der Waals surface area contributed by atoms with Crippen LogP contribution in [0.25, 0.3) is 5.57 Å². The maximum absolute atomic E-state index is 12.8. The number of benzene rings is 1. The quantitative estimate of drug-likeness (QED) is 0.394. The van der Waals surface area contributed by atoms with Crippen molar-refractivity contribution in [2.45, 2.75) is 25.5 Å². The first kappa shape index (κ1) is 21.5. The van der Waals surface area contributed by atoms with Crippen molar-refractivity contribution in [3.05, 3.63) is 78.3 Å². The normalized spacial score (nSPS) is 20.3. The van der Waals surface area contributed by atoms with Gasteiger partial charge in [0.15, 0.2) is 0 Å². The lowest BCUT2D eigenvalue weighted by Gasteiger charge is -2.44. The molecule has 1 aromatic carbocycles. The van der Waals surface area contributed by atoms with Gasteiger partial charge in [0.1, 0.15) is 12.3 Å². The van der Waals surface area contributed by atoms with E-state index < -0.39 is 18.0 Å². The SMILES string of the molecule is C=CCOC(=O)C1=C(c2cccc(C(=O)Nc3ccncc3)c2)CC2C(C(C)O)C(=O)N12. The fourth-order valence-electron chi connectivity index (χ4n) is 4.21. The fraction of sp³-hybridized carbons (Fsp3) is 0.250. The zero-order valence-electron chi connectivity index (χ0n) is 17.5. The molecular formula is C24H23N3O5. The van der Waals surface area contributed by atoms with E-state index in [2.05, 4.69) is 16.9 Å². The molecule has 0 aliphatic carbocycles. The molecule has 164 valence electrons. The number of anilines is 1. The molecule has 0 spiro atoms. The summed E-state index contributed by atoms with van der Waals surface area (Å²) in [4.78, 5) is 43.5. The summed E-state index contributed by atoms with van der Waals surface area (Å²) in [5.74, 6) is -1.83. The largest absolute Gasteiger partial charge is 0.457 e. The molecule has 3 heterocycles. The number of nitrogens with one attached hydrogen (secondary N) is 1. The van der Waals surface area contributed by atoms with Crippen LogP contribution in [0, 0.1) is 5.92 Å². The summed E-state index contributed by atoms with van der Waals surface area (Å²) in [5, 5.41) is 12.8. The van der Waals surface area contributed by atoms with Gasteiger partial charge in [-0.05, 0) is 48.7 Å². The number of aliphatic hydroxyl groups excluding tert-OH is 1. The lowest BCUT2D eigenvalue weighted by molar-refractivity contribution is -0.162. The Morgan fingerprint density at radius 2 is 2.09 bits per heavy atom. The average Bonchev–Trinajstić information content (AvgIpc) is 3.13. The number of hydrogen-bond acceptors (Lipinski definition) is 6. The zero-order valence-corrected chi connectivity index (χ0v) is 17.5. The standard InChI is InChI=1S/C24H23N3O5/c1-3-11-32-24(31)21-18(13-19-20(14(2)28)23(30)27(19)21)15-5-4-6-16(12-15)22(29)26-17-7-9-25-10-8-17/h3-10,12,14,19-20,28H,1,11,13H2,2H3,(H,25,26,29). The third kappa shape index (κ3) is 3.80. The van der Waals surface area contributed by atoms with Crippen LogP contribution in [0.5, 0.6) is 0 Å². The van der Waals surface area contributed by atoms with Gasteiger partial charge in [-0.2, -0.15) is 0 Å². The van der Waals surface area contributed by atoms with Crippen LogP contribution in [0.3, 0.4) is 0 Å². The summed E-state index contributed by atoms with van der Waals surface area (Å²) in [6, 6.07) is 9.90. The zero-order chi connectivity index (χ0) is 22.8. The van der Waals surface area contributed by atoms with E-state index in [4.69, 9.17) is 4.74 Å². The molecule has 1 fully saturated rings. The van der Waals surface area contributed by atoms with E-state index in [0.717, 1.165) is 0 Å². The number of fused-ring (bicyclic) bond motifs is 1. The predicted molar refractivity (Wildman–Crippen MR) is 117 cm³/mol. The number of β-lactam (4-membered cyclic amide) rings is 1. The van der Waals surface area contributed by atoms with Crippen LogP contribution < -0.4 is 5.32 Å². The number of rotatable bonds is 7. The Hall–Kier alpha value is -3.78. The molecule has 3 unspecified atom stereocenters. The number of amides is 2. The number of pyridine rings is 1. The Labute approximate surface area is 185 Å². The van der Waals surface area contributed by atoms with E-state index in [9.17, 15) is 19.5 Å². The Bertz CT molecular complexity index is 1110. The maximum atomic E-state index is 12.8. The van der Waals surface area contributed by atoms with Gasteiger partial charge in [-0.15, -0.1) is 0 Å². The summed E-state index contributed by atoms with van der Waals surface area (Å²) >= 11 is 0. The van der Waals surface area contributed by atoms with Crippen LogP contribution in [-0.4, -0.2) is 51.5 Å². The summed E-state index contributed by atoms with van der Waals surface area (Å²) in [6.07, 6.45) is 4.17. The summed E-state index contributed by atoms with van der Waals surface area (Å²) < 4.78 is 5.22. The van der Waals surface area contributed by atoms with Crippen LogP contribution in [0.15, 0.2) is 67.1 Å². The Kier molecular flexibility index (Phi) is 5.87. The minimum absolute atomic E-state index is 0.0104.